The average Bonchev–Trinajstić information content (AvgIpc) is 3.00. The van der Waals surface area contributed by atoms with E-state index < -0.39 is 5.60 Å². The van der Waals surface area contributed by atoms with Crippen LogP contribution in [0.5, 0.6) is 0 Å². The highest BCUT2D eigenvalue weighted by molar-refractivity contribution is 5.25. The van der Waals surface area contributed by atoms with E-state index in [1.807, 2.05) is 0 Å². The molecule has 0 spiro atoms. The van der Waals surface area contributed by atoms with Crippen LogP contribution in [0.15, 0.2) is 11.6 Å². The molecule has 2 N–H and O–H groups in total. The second-order valence-corrected chi connectivity index (χ2v) is 12.5. The average molecular weight is 403 g/mol. The standard InChI is InChI=1S/C27H46O2/c1-18(2)7-6-14-27(5,29)24-11-10-22-21-9-8-19-17-20(28)12-15-25(19,3)23(21)13-16-26(22,24)4/h8,18,20-24,28-29H,6-7,9-17H2,1-5H3/t20-,21-,22-,23-,24-,25-,26-,27-/m1/s1. The minimum atomic E-state index is -0.514. The lowest BCUT2D eigenvalue weighted by molar-refractivity contribution is -0.105. The molecule has 3 fully saturated rings. The van der Waals surface area contributed by atoms with Gasteiger partial charge < -0.3 is 10.2 Å². The van der Waals surface area contributed by atoms with Crippen LogP contribution >= 0.6 is 0 Å². The molecule has 0 saturated heterocycles. The maximum Gasteiger partial charge on any atom is 0.0653 e. The molecule has 0 amide bonds. The quantitative estimate of drug-likeness (QED) is 0.515. The summed E-state index contributed by atoms with van der Waals surface area (Å²) in [5, 5.41) is 21.8. The van der Waals surface area contributed by atoms with Crippen molar-refractivity contribution in [2.45, 2.75) is 117 Å². The number of fused-ring (bicyclic) bond motifs is 5. The Hall–Kier alpha value is -0.340. The zero-order valence-electron chi connectivity index (χ0n) is 19.7. The fraction of sp³-hybridized carbons (Fsp3) is 0.926. The van der Waals surface area contributed by atoms with Gasteiger partial charge in [0.05, 0.1) is 11.7 Å². The van der Waals surface area contributed by atoms with Gasteiger partial charge in [-0.05, 0) is 105 Å². The fourth-order valence-corrected chi connectivity index (χ4v) is 8.71. The van der Waals surface area contributed by atoms with Crippen molar-refractivity contribution in [2.75, 3.05) is 0 Å². The predicted octanol–water partition coefficient (Wildman–Crippen LogP) is 6.50. The lowest BCUT2D eigenvalue weighted by Gasteiger charge is -2.59. The topological polar surface area (TPSA) is 40.5 Å². The molecule has 166 valence electrons. The maximum absolute atomic E-state index is 11.6. The molecule has 0 aliphatic heterocycles. The maximum atomic E-state index is 11.6. The number of aliphatic hydroxyl groups excluding tert-OH is 1. The van der Waals surface area contributed by atoms with Crippen molar-refractivity contribution in [3.63, 3.8) is 0 Å². The van der Waals surface area contributed by atoms with Crippen molar-refractivity contribution in [3.8, 4) is 0 Å². The zero-order valence-corrected chi connectivity index (χ0v) is 19.7. The van der Waals surface area contributed by atoms with Crippen LogP contribution in [-0.2, 0) is 0 Å². The third-order valence-electron chi connectivity index (χ3n) is 10.3. The summed E-state index contributed by atoms with van der Waals surface area (Å²) in [4.78, 5) is 0. The molecule has 0 radical (unpaired) electrons. The molecule has 0 aromatic rings. The highest BCUT2D eigenvalue weighted by Crippen LogP contribution is 2.67. The van der Waals surface area contributed by atoms with Gasteiger partial charge in [-0.25, -0.2) is 0 Å². The molecule has 4 rings (SSSR count). The van der Waals surface area contributed by atoms with Crippen molar-refractivity contribution in [1.82, 2.24) is 0 Å². The van der Waals surface area contributed by atoms with Gasteiger partial charge in [-0.15, -0.1) is 0 Å². The van der Waals surface area contributed by atoms with Gasteiger partial charge in [0.15, 0.2) is 0 Å². The molecule has 29 heavy (non-hydrogen) atoms. The highest BCUT2D eigenvalue weighted by atomic mass is 16.3. The predicted molar refractivity (Wildman–Crippen MR) is 121 cm³/mol. The molecule has 4 aliphatic carbocycles. The number of rotatable bonds is 5. The summed E-state index contributed by atoms with van der Waals surface area (Å²) < 4.78 is 0. The monoisotopic (exact) mass is 402 g/mol. The van der Waals surface area contributed by atoms with Gasteiger partial charge >= 0.3 is 0 Å². The molecule has 0 unspecified atom stereocenters. The van der Waals surface area contributed by atoms with Gasteiger partial charge in [0.1, 0.15) is 0 Å². The Kier molecular flexibility index (Phi) is 5.78. The van der Waals surface area contributed by atoms with Crippen LogP contribution in [0.4, 0.5) is 0 Å². The van der Waals surface area contributed by atoms with Crippen molar-refractivity contribution >= 4 is 0 Å². The highest BCUT2D eigenvalue weighted by Gasteiger charge is 2.61. The summed E-state index contributed by atoms with van der Waals surface area (Å²) in [6.45, 7) is 11.8. The molecule has 0 aromatic heterocycles. The Morgan fingerprint density at radius 2 is 1.86 bits per heavy atom. The smallest absolute Gasteiger partial charge is 0.0653 e. The van der Waals surface area contributed by atoms with Gasteiger partial charge in [0, 0.05) is 0 Å². The second-order valence-electron chi connectivity index (χ2n) is 12.5. The molecule has 2 nitrogen and oxygen atoms in total. The lowest BCUT2D eigenvalue weighted by Crippen LogP contribution is -2.53. The Morgan fingerprint density at radius 3 is 2.59 bits per heavy atom. The van der Waals surface area contributed by atoms with Gasteiger partial charge in [-0.2, -0.15) is 0 Å². The van der Waals surface area contributed by atoms with E-state index in [1.54, 1.807) is 5.57 Å². The van der Waals surface area contributed by atoms with Crippen LogP contribution in [-0.4, -0.2) is 21.9 Å². The first-order valence-corrected chi connectivity index (χ1v) is 12.7. The summed E-state index contributed by atoms with van der Waals surface area (Å²) in [6.07, 6.45) is 15.2. The first-order chi connectivity index (χ1) is 13.6. The van der Waals surface area contributed by atoms with E-state index in [4.69, 9.17) is 0 Å². The van der Waals surface area contributed by atoms with E-state index in [0.29, 0.717) is 16.7 Å². The summed E-state index contributed by atoms with van der Waals surface area (Å²) >= 11 is 0. The first kappa shape index (κ1) is 21.9. The van der Waals surface area contributed by atoms with E-state index in [-0.39, 0.29) is 6.10 Å². The van der Waals surface area contributed by atoms with Crippen molar-refractivity contribution in [3.05, 3.63) is 11.6 Å². The Labute approximate surface area is 179 Å². The van der Waals surface area contributed by atoms with E-state index >= 15 is 0 Å². The number of hydrogen-bond donors (Lipinski definition) is 2. The van der Waals surface area contributed by atoms with Crippen LogP contribution < -0.4 is 0 Å². The number of allylic oxidation sites excluding steroid dienone is 1. The lowest BCUT2D eigenvalue weighted by atomic mass is 9.46. The number of aliphatic hydroxyl groups is 2. The van der Waals surface area contributed by atoms with Gasteiger partial charge in [-0.1, -0.05) is 52.2 Å². The molecular weight excluding hydrogens is 356 g/mol. The summed E-state index contributed by atoms with van der Waals surface area (Å²) in [5.41, 5.74) is 1.68. The summed E-state index contributed by atoms with van der Waals surface area (Å²) in [7, 11) is 0. The van der Waals surface area contributed by atoms with E-state index in [9.17, 15) is 10.2 Å². The SMILES string of the molecule is CC(C)CCC[C@@](C)(O)[C@@H]1CC[C@@H]2[C@H]3CC=C4C[C@H](O)CC[C@@]4(C)[C@@H]3CC[C@]21C. The van der Waals surface area contributed by atoms with Crippen LogP contribution in [0.1, 0.15) is 105 Å². The normalized spacial score (nSPS) is 46.5. The van der Waals surface area contributed by atoms with Crippen LogP contribution in [0, 0.1) is 40.4 Å². The summed E-state index contributed by atoms with van der Waals surface area (Å²) in [5.74, 6) is 3.53. The third-order valence-corrected chi connectivity index (χ3v) is 10.3. The molecule has 2 heteroatoms. The van der Waals surface area contributed by atoms with Crippen LogP contribution in [0.25, 0.3) is 0 Å². The van der Waals surface area contributed by atoms with E-state index in [0.717, 1.165) is 49.4 Å². The minimum absolute atomic E-state index is 0.114. The summed E-state index contributed by atoms with van der Waals surface area (Å²) in [6, 6.07) is 0. The van der Waals surface area contributed by atoms with Crippen molar-refractivity contribution in [1.29, 1.82) is 0 Å². The molecule has 0 bridgehead atoms. The zero-order chi connectivity index (χ0) is 21.0. The molecule has 8 atom stereocenters. The number of hydrogen-bond acceptors (Lipinski definition) is 2. The minimum Gasteiger partial charge on any atom is -0.393 e. The largest absolute Gasteiger partial charge is 0.393 e. The van der Waals surface area contributed by atoms with Crippen molar-refractivity contribution in [2.24, 2.45) is 40.4 Å². The van der Waals surface area contributed by atoms with Gasteiger partial charge in [0.2, 0.25) is 0 Å². The van der Waals surface area contributed by atoms with Crippen LogP contribution in [0.2, 0.25) is 0 Å². The van der Waals surface area contributed by atoms with Gasteiger partial charge in [-0.3, -0.25) is 0 Å². The molecule has 3 saturated carbocycles. The van der Waals surface area contributed by atoms with Crippen molar-refractivity contribution < 1.29 is 10.2 Å². The molecule has 0 heterocycles. The molecular formula is C27H46O2. The van der Waals surface area contributed by atoms with E-state index in [1.165, 1.54) is 44.9 Å². The fourth-order valence-electron chi connectivity index (χ4n) is 8.71. The Bertz CT molecular complexity index is 634. The first-order valence-electron chi connectivity index (χ1n) is 12.7. The Morgan fingerprint density at radius 1 is 1.10 bits per heavy atom. The third kappa shape index (κ3) is 3.65. The Balaban J connectivity index is 1.53. The molecule has 4 aliphatic rings. The van der Waals surface area contributed by atoms with Crippen LogP contribution in [0.3, 0.4) is 0 Å². The second kappa shape index (κ2) is 7.66. The van der Waals surface area contributed by atoms with Gasteiger partial charge in [0.25, 0.3) is 0 Å². The van der Waals surface area contributed by atoms with E-state index in [2.05, 4.69) is 40.7 Å². The molecule has 0 aromatic carbocycles.